The Bertz CT molecular complexity index is 1240. The van der Waals surface area contributed by atoms with Crippen LogP contribution >= 0.6 is 0 Å². The molecule has 2 saturated heterocycles. The van der Waals surface area contributed by atoms with Crippen molar-refractivity contribution >= 4 is 22.7 Å². The number of hydrogen-bond acceptors (Lipinski definition) is 5. The summed E-state index contributed by atoms with van der Waals surface area (Å²) in [5, 5.41) is 0.965. The lowest BCUT2D eigenvalue weighted by molar-refractivity contribution is 0.0516. The number of ether oxygens (including phenoxy) is 2. The van der Waals surface area contributed by atoms with Crippen LogP contribution in [0.4, 0.5) is 0 Å². The van der Waals surface area contributed by atoms with Gasteiger partial charge in [0, 0.05) is 54.3 Å². The molecule has 176 valence electrons. The quantitative estimate of drug-likeness (QED) is 0.589. The Morgan fingerprint density at radius 3 is 2.32 bits per heavy atom. The fourth-order valence-corrected chi connectivity index (χ4v) is 5.37. The van der Waals surface area contributed by atoms with Gasteiger partial charge in [-0.05, 0) is 61.7 Å². The number of methoxy groups -OCH3 is 2. The fourth-order valence-electron chi connectivity index (χ4n) is 5.37. The minimum atomic E-state index is -0.0570. The number of fused-ring (bicyclic) bond motifs is 1. The Morgan fingerprint density at radius 1 is 0.853 bits per heavy atom. The molecule has 2 amide bonds. The number of amides is 2. The summed E-state index contributed by atoms with van der Waals surface area (Å²) in [6, 6.07) is 14.8. The van der Waals surface area contributed by atoms with Crippen LogP contribution in [-0.4, -0.2) is 67.0 Å². The smallest absolute Gasteiger partial charge is 0.254 e. The molecule has 2 aromatic carbocycles. The van der Waals surface area contributed by atoms with Gasteiger partial charge in [-0.2, -0.15) is 0 Å². The number of pyridine rings is 1. The molecule has 1 unspecified atom stereocenters. The van der Waals surface area contributed by atoms with E-state index in [9.17, 15) is 9.59 Å². The predicted molar refractivity (Wildman–Crippen MR) is 129 cm³/mol. The van der Waals surface area contributed by atoms with Crippen LogP contribution in [0.2, 0.25) is 0 Å². The van der Waals surface area contributed by atoms with Crippen molar-refractivity contribution in [3.8, 4) is 11.5 Å². The third-order valence-electron chi connectivity index (χ3n) is 7.15. The van der Waals surface area contributed by atoms with Gasteiger partial charge in [-0.15, -0.1) is 0 Å². The summed E-state index contributed by atoms with van der Waals surface area (Å²) >= 11 is 0. The molecule has 0 aliphatic carbocycles. The van der Waals surface area contributed by atoms with E-state index in [1.807, 2.05) is 40.1 Å². The molecule has 7 heteroatoms. The topological polar surface area (TPSA) is 72.0 Å². The van der Waals surface area contributed by atoms with Crippen molar-refractivity contribution < 1.29 is 19.1 Å². The monoisotopic (exact) mass is 459 g/mol. The highest BCUT2D eigenvalue weighted by Crippen LogP contribution is 2.40. The highest BCUT2D eigenvalue weighted by atomic mass is 16.5. The molecule has 2 fully saturated rings. The van der Waals surface area contributed by atoms with Crippen molar-refractivity contribution in [1.29, 1.82) is 0 Å². The molecular weight excluding hydrogens is 430 g/mol. The summed E-state index contributed by atoms with van der Waals surface area (Å²) in [6.07, 6.45) is 4.62. The normalized spacial score (nSPS) is 20.1. The number of nitrogens with zero attached hydrogens (tertiary/aromatic N) is 3. The number of rotatable bonds is 4. The molecule has 1 spiro atoms. The van der Waals surface area contributed by atoms with Crippen LogP contribution in [0.5, 0.6) is 11.5 Å². The maximum Gasteiger partial charge on any atom is 0.254 e. The van der Waals surface area contributed by atoms with E-state index in [0.29, 0.717) is 42.3 Å². The molecule has 0 N–H and O–H groups in total. The molecular formula is C27H29N3O4. The third-order valence-corrected chi connectivity index (χ3v) is 7.15. The first-order valence-electron chi connectivity index (χ1n) is 11.7. The average Bonchev–Trinajstić information content (AvgIpc) is 3.29. The second-order valence-electron chi connectivity index (χ2n) is 9.29. The molecule has 0 saturated carbocycles. The number of carbonyl (C=O) groups excluding carboxylic acids is 2. The number of likely N-dealkylation sites (tertiary alicyclic amines) is 2. The summed E-state index contributed by atoms with van der Waals surface area (Å²) in [4.78, 5) is 34.8. The van der Waals surface area contributed by atoms with Gasteiger partial charge in [-0.3, -0.25) is 14.6 Å². The largest absolute Gasteiger partial charge is 0.493 e. The summed E-state index contributed by atoms with van der Waals surface area (Å²) in [7, 11) is 3.14. The van der Waals surface area contributed by atoms with Gasteiger partial charge in [-0.25, -0.2) is 0 Å². The highest BCUT2D eigenvalue weighted by Gasteiger charge is 2.44. The van der Waals surface area contributed by atoms with E-state index in [0.717, 1.165) is 36.7 Å². The minimum absolute atomic E-state index is 0.0108. The number of hydrogen-bond donors (Lipinski definition) is 0. The second kappa shape index (κ2) is 8.97. The van der Waals surface area contributed by atoms with Gasteiger partial charge in [0.05, 0.1) is 19.7 Å². The zero-order valence-electron chi connectivity index (χ0n) is 19.6. The van der Waals surface area contributed by atoms with Crippen LogP contribution in [-0.2, 0) is 0 Å². The first-order valence-corrected chi connectivity index (χ1v) is 11.7. The third kappa shape index (κ3) is 4.06. The molecule has 3 aromatic rings. The lowest BCUT2D eigenvalue weighted by Gasteiger charge is -2.40. The van der Waals surface area contributed by atoms with Gasteiger partial charge in [-0.1, -0.05) is 6.07 Å². The Hall–Kier alpha value is -3.61. The Balaban J connectivity index is 1.30. The molecule has 1 atom stereocenters. The van der Waals surface area contributed by atoms with Gasteiger partial charge in [0.25, 0.3) is 11.8 Å². The summed E-state index contributed by atoms with van der Waals surface area (Å²) in [5.41, 5.74) is 2.10. The average molecular weight is 460 g/mol. The fraction of sp³-hybridized carbons (Fsp3) is 0.370. The number of aromatic nitrogens is 1. The maximum atomic E-state index is 13.4. The van der Waals surface area contributed by atoms with Gasteiger partial charge in [0.1, 0.15) is 0 Å². The zero-order valence-corrected chi connectivity index (χ0v) is 19.6. The van der Waals surface area contributed by atoms with E-state index in [4.69, 9.17) is 9.47 Å². The molecule has 2 aliphatic rings. The second-order valence-corrected chi connectivity index (χ2v) is 9.29. The van der Waals surface area contributed by atoms with E-state index < -0.39 is 0 Å². The van der Waals surface area contributed by atoms with Crippen LogP contribution in [0.1, 0.15) is 40.0 Å². The summed E-state index contributed by atoms with van der Waals surface area (Å²) in [5.74, 6) is 1.18. The van der Waals surface area contributed by atoms with Crippen molar-refractivity contribution in [3.05, 3.63) is 65.9 Å². The standard InChI is InChI=1S/C27H29N3O4/c1-33-23-9-7-21(16-24(23)34-2)26(32)30-14-11-27(18-30)10-4-13-29(17-27)25(31)20-6-8-22-19(15-20)5-3-12-28-22/h3,5-9,12,15-16H,4,10-11,13-14,17-18H2,1-2H3. The van der Waals surface area contributed by atoms with Gasteiger partial charge in [0.15, 0.2) is 11.5 Å². The first kappa shape index (κ1) is 22.2. The first-order chi connectivity index (χ1) is 16.5. The Kier molecular flexibility index (Phi) is 5.86. The molecule has 5 rings (SSSR count). The van der Waals surface area contributed by atoms with Gasteiger partial charge in [0.2, 0.25) is 0 Å². The van der Waals surface area contributed by atoms with E-state index in [1.54, 1.807) is 38.6 Å². The number of carbonyl (C=O) groups is 2. The lowest BCUT2D eigenvalue weighted by Crippen LogP contribution is -2.47. The number of piperidine rings is 1. The van der Waals surface area contributed by atoms with Crippen LogP contribution in [0.15, 0.2) is 54.7 Å². The Morgan fingerprint density at radius 2 is 1.56 bits per heavy atom. The van der Waals surface area contributed by atoms with Crippen LogP contribution in [0, 0.1) is 5.41 Å². The summed E-state index contributed by atoms with van der Waals surface area (Å²) < 4.78 is 10.7. The molecule has 1 aromatic heterocycles. The SMILES string of the molecule is COc1ccc(C(=O)N2CCC3(CCCN(C(=O)c4ccc5ncccc5c4)C3)C2)cc1OC. The molecule has 2 aliphatic heterocycles. The van der Waals surface area contributed by atoms with E-state index in [2.05, 4.69) is 4.98 Å². The van der Waals surface area contributed by atoms with Gasteiger partial charge >= 0.3 is 0 Å². The summed E-state index contributed by atoms with van der Waals surface area (Å²) in [6.45, 7) is 2.77. The van der Waals surface area contributed by atoms with Crippen molar-refractivity contribution in [2.75, 3.05) is 40.4 Å². The molecule has 3 heterocycles. The highest BCUT2D eigenvalue weighted by molar-refractivity contribution is 5.98. The van der Waals surface area contributed by atoms with Crippen LogP contribution < -0.4 is 9.47 Å². The zero-order chi connectivity index (χ0) is 23.7. The lowest BCUT2D eigenvalue weighted by atomic mass is 9.79. The molecule has 7 nitrogen and oxygen atoms in total. The maximum absolute atomic E-state index is 13.4. The van der Waals surface area contributed by atoms with Crippen molar-refractivity contribution in [2.24, 2.45) is 5.41 Å². The van der Waals surface area contributed by atoms with E-state index in [-0.39, 0.29) is 17.2 Å². The Labute approximate surface area is 199 Å². The predicted octanol–water partition coefficient (Wildman–Crippen LogP) is 4.02. The van der Waals surface area contributed by atoms with Crippen molar-refractivity contribution in [2.45, 2.75) is 19.3 Å². The minimum Gasteiger partial charge on any atom is -0.493 e. The van der Waals surface area contributed by atoms with Crippen molar-refractivity contribution in [1.82, 2.24) is 14.8 Å². The molecule has 34 heavy (non-hydrogen) atoms. The molecule has 0 radical (unpaired) electrons. The molecule has 0 bridgehead atoms. The van der Waals surface area contributed by atoms with Crippen LogP contribution in [0.3, 0.4) is 0 Å². The van der Waals surface area contributed by atoms with Crippen molar-refractivity contribution in [3.63, 3.8) is 0 Å². The van der Waals surface area contributed by atoms with E-state index >= 15 is 0 Å². The number of benzene rings is 2. The van der Waals surface area contributed by atoms with E-state index in [1.165, 1.54) is 0 Å². The van der Waals surface area contributed by atoms with Gasteiger partial charge < -0.3 is 19.3 Å². The van der Waals surface area contributed by atoms with Crippen LogP contribution in [0.25, 0.3) is 10.9 Å².